The summed E-state index contributed by atoms with van der Waals surface area (Å²) in [6.45, 7) is 1.45. The normalized spacial score (nSPS) is 10.3. The van der Waals surface area contributed by atoms with Gasteiger partial charge in [0.25, 0.3) is 0 Å². The van der Waals surface area contributed by atoms with Gasteiger partial charge in [-0.25, -0.2) is 9.37 Å². The summed E-state index contributed by atoms with van der Waals surface area (Å²) in [5, 5.41) is 2.99. The Hall–Kier alpha value is -1.40. The van der Waals surface area contributed by atoms with Crippen LogP contribution in [0.3, 0.4) is 0 Å². The number of aromatic nitrogens is 1. The van der Waals surface area contributed by atoms with Crippen LogP contribution < -0.4 is 5.32 Å². The highest BCUT2D eigenvalue weighted by Crippen LogP contribution is 2.29. The van der Waals surface area contributed by atoms with Crippen molar-refractivity contribution in [2.24, 2.45) is 0 Å². The van der Waals surface area contributed by atoms with Crippen LogP contribution in [0.15, 0.2) is 50.9 Å². The van der Waals surface area contributed by atoms with E-state index in [0.29, 0.717) is 15.2 Å². The van der Waals surface area contributed by atoms with E-state index < -0.39 is 0 Å². The lowest BCUT2D eigenvalue weighted by atomic mass is 10.3. The van der Waals surface area contributed by atoms with E-state index in [0.717, 1.165) is 4.90 Å². The fourth-order valence-electron chi connectivity index (χ4n) is 1.40. The Balaban J connectivity index is 2.13. The fourth-order valence-corrected chi connectivity index (χ4v) is 2.46. The van der Waals surface area contributed by atoms with Crippen molar-refractivity contribution >= 4 is 39.3 Å². The molecule has 1 heterocycles. The molecule has 19 heavy (non-hydrogen) atoms. The Morgan fingerprint density at radius 1 is 1.37 bits per heavy atom. The van der Waals surface area contributed by atoms with Crippen molar-refractivity contribution in [3.63, 3.8) is 0 Å². The summed E-state index contributed by atoms with van der Waals surface area (Å²) in [6.07, 6.45) is 1.55. The lowest BCUT2D eigenvalue weighted by Gasteiger charge is -2.05. The van der Waals surface area contributed by atoms with E-state index in [1.165, 1.54) is 24.8 Å². The molecule has 0 unspecified atom stereocenters. The number of amides is 1. The topological polar surface area (TPSA) is 42.0 Å². The first-order valence-corrected chi connectivity index (χ1v) is 7.02. The number of halogens is 2. The SMILES string of the molecule is CC(=O)Nc1ccc(Sc2ncc(Br)cc2F)cc1. The molecule has 0 saturated heterocycles. The zero-order valence-electron chi connectivity index (χ0n) is 9.98. The molecule has 0 aliphatic carbocycles. The standard InChI is InChI=1S/C13H10BrFN2OS/c1-8(18)17-10-2-4-11(5-3-10)19-13-12(15)6-9(14)7-16-13/h2-7H,1H3,(H,17,18). The lowest BCUT2D eigenvalue weighted by Crippen LogP contribution is -2.05. The number of anilines is 1. The van der Waals surface area contributed by atoms with E-state index in [4.69, 9.17) is 0 Å². The molecule has 0 aliphatic rings. The van der Waals surface area contributed by atoms with Crippen LogP contribution in [0.2, 0.25) is 0 Å². The van der Waals surface area contributed by atoms with Crippen molar-refractivity contribution in [1.29, 1.82) is 0 Å². The number of rotatable bonds is 3. The summed E-state index contributed by atoms with van der Waals surface area (Å²) < 4.78 is 14.2. The van der Waals surface area contributed by atoms with Gasteiger partial charge in [0, 0.05) is 28.2 Å². The molecule has 2 aromatic rings. The van der Waals surface area contributed by atoms with Gasteiger partial charge >= 0.3 is 0 Å². The molecule has 98 valence electrons. The Morgan fingerprint density at radius 2 is 2.05 bits per heavy atom. The highest BCUT2D eigenvalue weighted by Gasteiger charge is 2.06. The van der Waals surface area contributed by atoms with Gasteiger partial charge in [-0.3, -0.25) is 4.79 Å². The Kier molecular flexibility index (Phi) is 4.55. The first-order valence-electron chi connectivity index (χ1n) is 5.41. The van der Waals surface area contributed by atoms with Gasteiger partial charge in [-0.1, -0.05) is 11.8 Å². The largest absolute Gasteiger partial charge is 0.326 e. The van der Waals surface area contributed by atoms with Crippen LogP contribution in [0.1, 0.15) is 6.92 Å². The minimum atomic E-state index is -0.370. The van der Waals surface area contributed by atoms with Crippen molar-refractivity contribution in [3.05, 3.63) is 46.8 Å². The summed E-state index contributed by atoms with van der Waals surface area (Å²) in [6, 6.07) is 8.51. The van der Waals surface area contributed by atoms with Gasteiger partial charge < -0.3 is 5.32 Å². The summed E-state index contributed by atoms with van der Waals surface area (Å²) in [4.78, 5) is 15.8. The molecular formula is C13H10BrFN2OS. The van der Waals surface area contributed by atoms with Crippen LogP contribution in [-0.4, -0.2) is 10.9 Å². The summed E-state index contributed by atoms with van der Waals surface area (Å²) in [5.74, 6) is -0.494. The predicted molar refractivity (Wildman–Crippen MR) is 76.8 cm³/mol. The van der Waals surface area contributed by atoms with Gasteiger partial charge in [0.15, 0.2) is 5.82 Å². The molecule has 0 spiro atoms. The number of pyridine rings is 1. The molecule has 2 rings (SSSR count). The molecule has 1 aromatic carbocycles. The van der Waals surface area contributed by atoms with Crippen LogP contribution in [0.5, 0.6) is 0 Å². The zero-order valence-corrected chi connectivity index (χ0v) is 12.4. The highest BCUT2D eigenvalue weighted by atomic mass is 79.9. The maximum absolute atomic E-state index is 13.6. The van der Waals surface area contributed by atoms with Crippen molar-refractivity contribution in [1.82, 2.24) is 4.98 Å². The first kappa shape index (κ1) is 14.0. The van der Waals surface area contributed by atoms with Gasteiger partial charge in [-0.2, -0.15) is 0 Å². The molecule has 0 fully saturated rings. The molecule has 1 N–H and O–H groups in total. The quantitative estimate of drug-likeness (QED) is 0.914. The van der Waals surface area contributed by atoms with Gasteiger partial charge in [0.05, 0.1) is 0 Å². The number of carbonyl (C=O) groups is 1. The maximum Gasteiger partial charge on any atom is 0.221 e. The summed E-state index contributed by atoms with van der Waals surface area (Å²) in [7, 11) is 0. The monoisotopic (exact) mass is 340 g/mol. The maximum atomic E-state index is 13.6. The third kappa shape index (κ3) is 4.04. The highest BCUT2D eigenvalue weighted by molar-refractivity contribution is 9.10. The van der Waals surface area contributed by atoms with Crippen LogP contribution in [0.25, 0.3) is 0 Å². The number of hydrogen-bond acceptors (Lipinski definition) is 3. The van der Waals surface area contributed by atoms with Crippen LogP contribution in [0.4, 0.5) is 10.1 Å². The number of nitrogens with one attached hydrogen (secondary N) is 1. The number of hydrogen-bond donors (Lipinski definition) is 1. The number of nitrogens with zero attached hydrogens (tertiary/aromatic N) is 1. The van der Waals surface area contributed by atoms with Crippen molar-refractivity contribution in [2.45, 2.75) is 16.8 Å². The van der Waals surface area contributed by atoms with Crippen molar-refractivity contribution in [2.75, 3.05) is 5.32 Å². The average molecular weight is 341 g/mol. The molecule has 1 aromatic heterocycles. The first-order chi connectivity index (χ1) is 9.04. The second-order valence-corrected chi connectivity index (χ2v) is 5.73. The predicted octanol–water partition coefficient (Wildman–Crippen LogP) is 4.09. The second kappa shape index (κ2) is 6.16. The third-order valence-electron chi connectivity index (χ3n) is 2.16. The fraction of sp³-hybridized carbons (Fsp3) is 0.0769. The Morgan fingerprint density at radius 3 is 2.63 bits per heavy atom. The van der Waals surface area contributed by atoms with Crippen LogP contribution >= 0.6 is 27.7 Å². The number of carbonyl (C=O) groups excluding carboxylic acids is 1. The summed E-state index contributed by atoms with van der Waals surface area (Å²) in [5.41, 5.74) is 0.709. The van der Waals surface area contributed by atoms with E-state index in [2.05, 4.69) is 26.2 Å². The van der Waals surface area contributed by atoms with E-state index in [1.807, 2.05) is 0 Å². The van der Waals surface area contributed by atoms with Crippen LogP contribution in [-0.2, 0) is 4.79 Å². The minimum absolute atomic E-state index is 0.124. The molecule has 3 nitrogen and oxygen atoms in total. The molecule has 0 bridgehead atoms. The van der Waals surface area contributed by atoms with Crippen LogP contribution in [0, 0.1) is 5.82 Å². The zero-order chi connectivity index (χ0) is 13.8. The average Bonchev–Trinajstić information content (AvgIpc) is 2.34. The van der Waals surface area contributed by atoms with E-state index in [9.17, 15) is 9.18 Å². The molecule has 0 saturated carbocycles. The molecule has 0 atom stereocenters. The molecule has 1 amide bonds. The smallest absolute Gasteiger partial charge is 0.221 e. The molecule has 6 heteroatoms. The van der Waals surface area contributed by atoms with Crippen molar-refractivity contribution in [3.8, 4) is 0 Å². The van der Waals surface area contributed by atoms with Gasteiger partial charge in [0.2, 0.25) is 5.91 Å². The van der Waals surface area contributed by atoms with Crippen molar-refractivity contribution < 1.29 is 9.18 Å². The Labute approximate surface area is 122 Å². The van der Waals surface area contributed by atoms with Gasteiger partial charge in [0.1, 0.15) is 5.03 Å². The van der Waals surface area contributed by atoms with E-state index >= 15 is 0 Å². The summed E-state index contributed by atoms with van der Waals surface area (Å²) >= 11 is 4.39. The molecule has 0 aliphatic heterocycles. The molecule has 0 radical (unpaired) electrons. The van der Waals surface area contributed by atoms with Gasteiger partial charge in [-0.05, 0) is 46.3 Å². The van der Waals surface area contributed by atoms with E-state index in [-0.39, 0.29) is 11.7 Å². The minimum Gasteiger partial charge on any atom is -0.326 e. The number of benzene rings is 1. The second-order valence-electron chi connectivity index (χ2n) is 3.75. The van der Waals surface area contributed by atoms with Gasteiger partial charge in [-0.15, -0.1) is 0 Å². The van der Waals surface area contributed by atoms with E-state index in [1.54, 1.807) is 30.5 Å². The molecular weight excluding hydrogens is 331 g/mol. The lowest BCUT2D eigenvalue weighted by molar-refractivity contribution is -0.114. The Bertz CT molecular complexity index is 604. The third-order valence-corrected chi connectivity index (χ3v) is 3.60.